The van der Waals surface area contributed by atoms with Gasteiger partial charge in [0.2, 0.25) is 5.91 Å². The molecule has 0 saturated heterocycles. The largest absolute Gasteiger partial charge is 0.349 e. The van der Waals surface area contributed by atoms with Crippen molar-refractivity contribution in [2.24, 2.45) is 5.92 Å². The Balaban J connectivity index is 2.06. The van der Waals surface area contributed by atoms with E-state index in [4.69, 9.17) is 0 Å². The van der Waals surface area contributed by atoms with Crippen molar-refractivity contribution in [2.45, 2.75) is 30.7 Å². The van der Waals surface area contributed by atoms with Crippen molar-refractivity contribution in [2.75, 3.05) is 6.26 Å². The average Bonchev–Trinajstić information content (AvgIpc) is 3.11. The van der Waals surface area contributed by atoms with Gasteiger partial charge in [0.15, 0.2) is 9.84 Å². The van der Waals surface area contributed by atoms with Crippen molar-refractivity contribution in [3.63, 3.8) is 0 Å². The Hall–Kier alpha value is -1.36. The van der Waals surface area contributed by atoms with Crippen LogP contribution in [0, 0.1) is 5.92 Å². The molecule has 0 aromatic heterocycles. The summed E-state index contributed by atoms with van der Waals surface area (Å²) in [4.78, 5) is 11.9. The van der Waals surface area contributed by atoms with Crippen LogP contribution in [0.4, 0.5) is 0 Å². The lowest BCUT2D eigenvalue weighted by Crippen LogP contribution is -2.27. The van der Waals surface area contributed by atoms with Gasteiger partial charge in [-0.25, -0.2) is 8.42 Å². The van der Waals surface area contributed by atoms with Crippen molar-refractivity contribution in [1.82, 2.24) is 5.32 Å². The molecule has 0 radical (unpaired) electrons. The minimum absolute atomic E-state index is 0.0910. The van der Waals surface area contributed by atoms with E-state index >= 15 is 0 Å². The molecule has 0 spiro atoms. The molecule has 1 aliphatic rings. The number of sulfone groups is 1. The van der Waals surface area contributed by atoms with Gasteiger partial charge >= 0.3 is 0 Å². The molecule has 0 heterocycles. The molecule has 1 aromatic carbocycles. The molecule has 1 saturated carbocycles. The molecule has 98 valence electrons. The first kappa shape index (κ1) is 13.1. The Bertz CT molecular complexity index is 544. The van der Waals surface area contributed by atoms with Gasteiger partial charge in [-0.2, -0.15) is 0 Å². The van der Waals surface area contributed by atoms with Crippen molar-refractivity contribution in [1.29, 1.82) is 0 Å². The first-order valence-electron chi connectivity index (χ1n) is 5.98. The third-order valence-electron chi connectivity index (χ3n) is 3.12. The number of nitrogens with one attached hydrogen (secondary N) is 1. The lowest BCUT2D eigenvalue weighted by molar-refractivity contribution is -0.122. The van der Waals surface area contributed by atoms with Gasteiger partial charge in [0.1, 0.15) is 0 Å². The van der Waals surface area contributed by atoms with Gasteiger partial charge in [-0.3, -0.25) is 4.79 Å². The summed E-state index contributed by atoms with van der Waals surface area (Å²) in [6.07, 6.45) is 3.14. The van der Waals surface area contributed by atoms with Crippen LogP contribution in [0.15, 0.2) is 29.2 Å². The van der Waals surface area contributed by atoms with Gasteiger partial charge < -0.3 is 5.32 Å². The highest BCUT2D eigenvalue weighted by molar-refractivity contribution is 7.90. The standard InChI is InChI=1S/C13H17NO3S/c1-9(14-13(15)11-3-4-11)10-5-7-12(8-6-10)18(2,16)17/h5-9,11H,3-4H2,1-2H3,(H,14,15)/t9-/m0/s1. The van der Waals surface area contributed by atoms with Crippen molar-refractivity contribution in [3.05, 3.63) is 29.8 Å². The summed E-state index contributed by atoms with van der Waals surface area (Å²) in [6, 6.07) is 6.55. The average molecular weight is 267 g/mol. The molecule has 0 aliphatic heterocycles. The van der Waals surface area contributed by atoms with Crippen LogP contribution in [0.5, 0.6) is 0 Å². The summed E-state index contributed by atoms with van der Waals surface area (Å²) in [7, 11) is -3.16. The number of hydrogen-bond acceptors (Lipinski definition) is 3. The van der Waals surface area contributed by atoms with E-state index in [0.29, 0.717) is 4.90 Å². The van der Waals surface area contributed by atoms with E-state index in [9.17, 15) is 13.2 Å². The maximum Gasteiger partial charge on any atom is 0.223 e. The predicted octanol–water partition coefficient (Wildman–Crippen LogP) is 1.68. The summed E-state index contributed by atoms with van der Waals surface area (Å²) in [5.41, 5.74) is 0.913. The molecule has 1 fully saturated rings. The topological polar surface area (TPSA) is 63.2 Å². The fourth-order valence-electron chi connectivity index (χ4n) is 1.76. The molecule has 18 heavy (non-hydrogen) atoms. The van der Waals surface area contributed by atoms with Gasteiger partial charge in [-0.15, -0.1) is 0 Å². The maximum atomic E-state index is 11.6. The molecule has 2 rings (SSSR count). The van der Waals surface area contributed by atoms with Crippen LogP contribution >= 0.6 is 0 Å². The minimum Gasteiger partial charge on any atom is -0.349 e. The van der Waals surface area contributed by atoms with Crippen LogP contribution in [0.25, 0.3) is 0 Å². The van der Waals surface area contributed by atoms with E-state index in [1.807, 2.05) is 6.92 Å². The zero-order valence-electron chi connectivity index (χ0n) is 10.5. The van der Waals surface area contributed by atoms with Crippen molar-refractivity contribution in [3.8, 4) is 0 Å². The fourth-order valence-corrected chi connectivity index (χ4v) is 2.39. The third kappa shape index (κ3) is 3.10. The number of carbonyl (C=O) groups excluding carboxylic acids is 1. The van der Waals surface area contributed by atoms with Crippen LogP contribution in [-0.4, -0.2) is 20.6 Å². The molecular weight excluding hydrogens is 250 g/mol. The highest BCUT2D eigenvalue weighted by atomic mass is 32.2. The Labute approximate surface area is 107 Å². The molecule has 0 bridgehead atoms. The van der Waals surface area contributed by atoms with Crippen LogP contribution in [0.3, 0.4) is 0 Å². The van der Waals surface area contributed by atoms with Gasteiger partial charge in [-0.05, 0) is 37.5 Å². The molecule has 1 N–H and O–H groups in total. The Kier molecular flexibility index (Phi) is 3.43. The van der Waals surface area contributed by atoms with Crippen molar-refractivity contribution >= 4 is 15.7 Å². The van der Waals surface area contributed by atoms with E-state index in [1.165, 1.54) is 6.26 Å². The second kappa shape index (κ2) is 4.72. The molecule has 1 aliphatic carbocycles. The van der Waals surface area contributed by atoms with E-state index in [0.717, 1.165) is 18.4 Å². The fraction of sp³-hybridized carbons (Fsp3) is 0.462. The van der Waals surface area contributed by atoms with Crippen LogP contribution < -0.4 is 5.32 Å². The number of hydrogen-bond donors (Lipinski definition) is 1. The van der Waals surface area contributed by atoms with E-state index in [-0.39, 0.29) is 17.9 Å². The Morgan fingerprint density at radius 1 is 1.28 bits per heavy atom. The Morgan fingerprint density at radius 3 is 2.28 bits per heavy atom. The van der Waals surface area contributed by atoms with E-state index < -0.39 is 9.84 Å². The SMILES string of the molecule is C[C@H](NC(=O)C1CC1)c1ccc(S(C)(=O)=O)cc1. The lowest BCUT2D eigenvalue weighted by atomic mass is 10.1. The van der Waals surface area contributed by atoms with E-state index in [1.54, 1.807) is 24.3 Å². The number of benzene rings is 1. The zero-order valence-corrected chi connectivity index (χ0v) is 11.3. The van der Waals surface area contributed by atoms with Gasteiger partial charge in [-0.1, -0.05) is 12.1 Å². The smallest absolute Gasteiger partial charge is 0.223 e. The predicted molar refractivity (Wildman–Crippen MR) is 68.8 cm³/mol. The molecular formula is C13H17NO3S. The molecule has 5 heteroatoms. The van der Waals surface area contributed by atoms with Crippen LogP contribution in [0.2, 0.25) is 0 Å². The highest BCUT2D eigenvalue weighted by Crippen LogP contribution is 2.29. The third-order valence-corrected chi connectivity index (χ3v) is 4.24. The first-order valence-corrected chi connectivity index (χ1v) is 7.87. The molecule has 1 atom stereocenters. The zero-order chi connectivity index (χ0) is 13.3. The summed E-state index contributed by atoms with van der Waals surface area (Å²) in [5, 5.41) is 2.93. The monoisotopic (exact) mass is 267 g/mol. The normalized spacial score (nSPS) is 17.2. The summed E-state index contributed by atoms with van der Waals surface area (Å²) in [5.74, 6) is 0.275. The number of carbonyl (C=O) groups is 1. The van der Waals surface area contributed by atoms with Gasteiger partial charge in [0.05, 0.1) is 10.9 Å². The second-order valence-electron chi connectivity index (χ2n) is 4.85. The lowest BCUT2D eigenvalue weighted by Gasteiger charge is -2.14. The van der Waals surface area contributed by atoms with Crippen molar-refractivity contribution < 1.29 is 13.2 Å². The maximum absolute atomic E-state index is 11.6. The van der Waals surface area contributed by atoms with Crippen LogP contribution in [-0.2, 0) is 14.6 Å². The first-order chi connectivity index (χ1) is 8.38. The number of rotatable bonds is 4. The molecule has 0 unspecified atom stereocenters. The Morgan fingerprint density at radius 2 is 1.83 bits per heavy atom. The molecule has 1 amide bonds. The summed E-state index contributed by atoms with van der Waals surface area (Å²) >= 11 is 0. The molecule has 4 nitrogen and oxygen atoms in total. The van der Waals surface area contributed by atoms with Gasteiger partial charge in [0.25, 0.3) is 0 Å². The quantitative estimate of drug-likeness (QED) is 0.902. The van der Waals surface area contributed by atoms with Gasteiger partial charge in [0, 0.05) is 12.2 Å². The van der Waals surface area contributed by atoms with E-state index in [2.05, 4.69) is 5.32 Å². The van der Waals surface area contributed by atoms with Crippen LogP contribution in [0.1, 0.15) is 31.4 Å². The second-order valence-corrected chi connectivity index (χ2v) is 6.86. The number of amides is 1. The highest BCUT2D eigenvalue weighted by Gasteiger charge is 2.30. The minimum atomic E-state index is -3.16. The molecule has 1 aromatic rings. The summed E-state index contributed by atoms with van der Waals surface area (Å²) < 4.78 is 22.6. The summed E-state index contributed by atoms with van der Waals surface area (Å²) in [6.45, 7) is 1.90.